The highest BCUT2D eigenvalue weighted by molar-refractivity contribution is 5.80. The van der Waals surface area contributed by atoms with Crippen molar-refractivity contribution in [3.8, 4) is 5.75 Å². The fraction of sp³-hybridized carbons (Fsp3) is 0.474. The predicted molar refractivity (Wildman–Crippen MR) is 100 cm³/mol. The number of carbonyl (C=O) groups excluding carboxylic acids is 1. The van der Waals surface area contributed by atoms with Crippen LogP contribution < -0.4 is 15.0 Å². The van der Waals surface area contributed by atoms with E-state index >= 15 is 0 Å². The second-order valence-corrected chi connectivity index (χ2v) is 6.71. The molecule has 1 atom stereocenters. The largest absolute Gasteiger partial charge is 0.481 e. The van der Waals surface area contributed by atoms with Crippen molar-refractivity contribution in [2.24, 2.45) is 7.05 Å². The van der Waals surface area contributed by atoms with Crippen molar-refractivity contribution >= 4 is 11.9 Å². The van der Waals surface area contributed by atoms with E-state index in [9.17, 15) is 4.79 Å². The molecular weight excluding hydrogens is 316 g/mol. The molecule has 1 aromatic carbocycles. The average Bonchev–Trinajstić information content (AvgIpc) is 2.93. The lowest BCUT2D eigenvalue weighted by molar-refractivity contribution is -0.127. The minimum Gasteiger partial charge on any atom is -0.481 e. The smallest absolute Gasteiger partial charge is 0.261 e. The summed E-state index contributed by atoms with van der Waals surface area (Å²) < 4.78 is 7.74. The molecule has 0 aliphatic heterocycles. The van der Waals surface area contributed by atoms with E-state index in [4.69, 9.17) is 4.74 Å². The Morgan fingerprint density at radius 1 is 1.32 bits per heavy atom. The highest BCUT2D eigenvalue weighted by atomic mass is 16.5. The van der Waals surface area contributed by atoms with E-state index in [1.807, 2.05) is 48.8 Å². The summed E-state index contributed by atoms with van der Waals surface area (Å²) in [5.41, 5.74) is 2.13. The minimum absolute atomic E-state index is 0.150. The van der Waals surface area contributed by atoms with Gasteiger partial charge in [0, 0.05) is 21.1 Å². The van der Waals surface area contributed by atoms with Crippen LogP contribution in [0.5, 0.6) is 5.75 Å². The van der Waals surface area contributed by atoms with Crippen LogP contribution in [0.15, 0.2) is 30.5 Å². The number of hydrogen-bond acceptors (Lipinski definition) is 4. The molecular formula is C19H28N4O2. The number of anilines is 1. The first-order valence-corrected chi connectivity index (χ1v) is 8.51. The van der Waals surface area contributed by atoms with Gasteiger partial charge in [-0.15, -0.1) is 0 Å². The first kappa shape index (κ1) is 18.8. The molecule has 136 valence electrons. The number of nitrogens with zero attached hydrogens (tertiary/aromatic N) is 3. The predicted octanol–water partition coefficient (Wildman–Crippen LogP) is 2.69. The fourth-order valence-corrected chi connectivity index (χ4v) is 2.54. The Bertz CT molecular complexity index is 722. The monoisotopic (exact) mass is 344 g/mol. The van der Waals surface area contributed by atoms with Gasteiger partial charge in [-0.25, -0.2) is 4.98 Å². The number of hydrogen-bond donors (Lipinski definition) is 1. The maximum atomic E-state index is 12.3. The van der Waals surface area contributed by atoms with Crippen molar-refractivity contribution < 1.29 is 9.53 Å². The molecule has 0 saturated heterocycles. The van der Waals surface area contributed by atoms with Gasteiger partial charge in [0.1, 0.15) is 5.75 Å². The van der Waals surface area contributed by atoms with Crippen LogP contribution in [-0.4, -0.2) is 35.7 Å². The van der Waals surface area contributed by atoms with Crippen LogP contribution in [0.3, 0.4) is 0 Å². The molecule has 2 aromatic rings. The Labute approximate surface area is 149 Å². The molecule has 1 N–H and O–H groups in total. The Kier molecular flexibility index (Phi) is 6.07. The highest BCUT2D eigenvalue weighted by Crippen LogP contribution is 2.21. The third-order valence-electron chi connectivity index (χ3n) is 4.11. The summed E-state index contributed by atoms with van der Waals surface area (Å²) in [5, 5.41) is 2.91. The van der Waals surface area contributed by atoms with Crippen LogP contribution in [-0.2, 0) is 18.4 Å². The van der Waals surface area contributed by atoms with Crippen LogP contribution >= 0.6 is 0 Å². The molecule has 0 unspecified atom stereocenters. The summed E-state index contributed by atoms with van der Waals surface area (Å²) in [6.45, 7) is 6.43. The minimum atomic E-state index is -0.566. The van der Waals surface area contributed by atoms with Gasteiger partial charge in [-0.05, 0) is 30.5 Å². The molecule has 0 spiro atoms. The topological polar surface area (TPSA) is 59.4 Å². The van der Waals surface area contributed by atoms with E-state index in [1.165, 1.54) is 5.56 Å². The fourth-order valence-electron chi connectivity index (χ4n) is 2.54. The van der Waals surface area contributed by atoms with Gasteiger partial charge in [0.2, 0.25) is 5.95 Å². The number of rotatable bonds is 7. The van der Waals surface area contributed by atoms with Gasteiger partial charge in [0.15, 0.2) is 6.10 Å². The van der Waals surface area contributed by atoms with Crippen LogP contribution in [0.2, 0.25) is 0 Å². The van der Waals surface area contributed by atoms with Gasteiger partial charge in [-0.1, -0.05) is 26.0 Å². The maximum absolute atomic E-state index is 12.3. The van der Waals surface area contributed by atoms with Crippen LogP contribution in [0.25, 0.3) is 0 Å². The number of nitrogens with one attached hydrogen (secondary N) is 1. The van der Waals surface area contributed by atoms with Crippen LogP contribution in [0.4, 0.5) is 5.95 Å². The molecule has 0 aliphatic rings. The summed E-state index contributed by atoms with van der Waals surface area (Å²) >= 11 is 0. The standard InChI is InChI=1S/C19H28N4O2/c1-13(2)15-8-7-9-17(10-15)25-14(3)18(24)20-11-16-12-21-19(22(4)5)23(16)6/h7-10,12-14H,11H2,1-6H3,(H,20,24)/t14-/m1/s1. The Hall–Kier alpha value is -2.50. The van der Waals surface area contributed by atoms with Gasteiger partial charge in [0.05, 0.1) is 18.4 Å². The Morgan fingerprint density at radius 3 is 2.64 bits per heavy atom. The number of amides is 1. The molecule has 1 aromatic heterocycles. The highest BCUT2D eigenvalue weighted by Gasteiger charge is 2.16. The zero-order valence-corrected chi connectivity index (χ0v) is 15.9. The molecule has 25 heavy (non-hydrogen) atoms. The van der Waals surface area contributed by atoms with Gasteiger partial charge in [-0.3, -0.25) is 4.79 Å². The summed E-state index contributed by atoms with van der Waals surface area (Å²) in [6, 6.07) is 7.87. The number of imidazole rings is 1. The number of carbonyl (C=O) groups is 1. The first-order chi connectivity index (χ1) is 11.8. The van der Waals surface area contributed by atoms with Crippen molar-refractivity contribution in [2.75, 3.05) is 19.0 Å². The van der Waals surface area contributed by atoms with Gasteiger partial charge < -0.3 is 19.5 Å². The quantitative estimate of drug-likeness (QED) is 0.839. The molecule has 0 radical (unpaired) electrons. The molecule has 6 heteroatoms. The molecule has 6 nitrogen and oxygen atoms in total. The SMILES string of the molecule is CC(C)c1cccc(O[C@H](C)C(=O)NCc2cnc(N(C)C)n2C)c1. The molecule has 0 aliphatic carbocycles. The number of aromatic nitrogens is 2. The van der Waals surface area contributed by atoms with Gasteiger partial charge >= 0.3 is 0 Å². The van der Waals surface area contributed by atoms with E-state index in [1.54, 1.807) is 13.1 Å². The summed E-state index contributed by atoms with van der Waals surface area (Å²) in [4.78, 5) is 18.6. The number of benzene rings is 1. The van der Waals surface area contributed by atoms with Gasteiger partial charge in [0.25, 0.3) is 5.91 Å². The lowest BCUT2D eigenvalue weighted by Crippen LogP contribution is -2.36. The Morgan fingerprint density at radius 2 is 2.04 bits per heavy atom. The molecule has 1 amide bonds. The van der Waals surface area contributed by atoms with E-state index in [0.717, 1.165) is 11.6 Å². The molecule has 0 saturated carbocycles. The van der Waals surface area contributed by atoms with Crippen molar-refractivity contribution in [2.45, 2.75) is 39.3 Å². The molecule has 2 rings (SSSR count). The van der Waals surface area contributed by atoms with E-state index in [2.05, 4.69) is 30.2 Å². The van der Waals surface area contributed by atoms with Crippen molar-refractivity contribution in [3.63, 3.8) is 0 Å². The van der Waals surface area contributed by atoms with E-state index in [0.29, 0.717) is 18.2 Å². The summed E-state index contributed by atoms with van der Waals surface area (Å²) in [6.07, 6.45) is 1.21. The second-order valence-electron chi connectivity index (χ2n) is 6.71. The van der Waals surface area contributed by atoms with E-state index < -0.39 is 6.10 Å². The summed E-state index contributed by atoms with van der Waals surface area (Å²) in [7, 11) is 5.80. The lowest BCUT2D eigenvalue weighted by atomic mass is 10.0. The first-order valence-electron chi connectivity index (χ1n) is 8.51. The van der Waals surface area contributed by atoms with E-state index in [-0.39, 0.29) is 5.91 Å². The molecule has 1 heterocycles. The van der Waals surface area contributed by atoms with Crippen molar-refractivity contribution in [1.29, 1.82) is 0 Å². The molecule has 0 bridgehead atoms. The van der Waals surface area contributed by atoms with Crippen LogP contribution in [0.1, 0.15) is 37.9 Å². The lowest BCUT2D eigenvalue weighted by Gasteiger charge is -2.16. The summed E-state index contributed by atoms with van der Waals surface area (Å²) in [5.74, 6) is 1.83. The Balaban J connectivity index is 1.93. The third kappa shape index (κ3) is 4.75. The van der Waals surface area contributed by atoms with Gasteiger partial charge in [-0.2, -0.15) is 0 Å². The second kappa shape index (κ2) is 8.05. The zero-order valence-electron chi connectivity index (χ0n) is 15.9. The average molecular weight is 344 g/mol. The van der Waals surface area contributed by atoms with Crippen molar-refractivity contribution in [1.82, 2.24) is 14.9 Å². The normalized spacial score (nSPS) is 12.1. The molecule has 0 fully saturated rings. The zero-order chi connectivity index (χ0) is 18.6. The van der Waals surface area contributed by atoms with Crippen LogP contribution in [0, 0.1) is 0 Å². The number of ether oxygens (including phenoxy) is 1. The third-order valence-corrected chi connectivity index (χ3v) is 4.11. The van der Waals surface area contributed by atoms with Crippen molar-refractivity contribution in [3.05, 3.63) is 41.7 Å². The maximum Gasteiger partial charge on any atom is 0.261 e.